The number of hydrogen-bond acceptors (Lipinski definition) is 5. The van der Waals surface area contributed by atoms with Crippen molar-refractivity contribution in [3.8, 4) is 6.07 Å². The summed E-state index contributed by atoms with van der Waals surface area (Å²) in [7, 11) is -0.714. The van der Waals surface area contributed by atoms with E-state index < -0.39 is 30.2 Å². The van der Waals surface area contributed by atoms with E-state index in [-0.39, 0.29) is 19.6 Å². The second kappa shape index (κ2) is 10.2. The lowest BCUT2D eigenvalue weighted by atomic mass is 9.77. The second-order valence-corrected chi connectivity index (χ2v) is 8.91. The fourth-order valence-corrected chi connectivity index (χ4v) is 3.26. The SMILES string of the molecule is CC1(C)OB(C(=Cc2ccc(F)c(CC#N)c2)CNC(=O)OCc2ccccc2)OC1(C)C. The zero-order valence-electron chi connectivity index (χ0n) is 19.4. The van der Waals surface area contributed by atoms with Crippen LogP contribution in [0.4, 0.5) is 9.18 Å². The van der Waals surface area contributed by atoms with Gasteiger partial charge in [-0.05, 0) is 56.4 Å². The van der Waals surface area contributed by atoms with Crippen molar-refractivity contribution >= 4 is 19.3 Å². The third-order valence-corrected chi connectivity index (χ3v) is 5.90. The molecule has 1 aliphatic heterocycles. The number of alkyl carbamates (subject to hydrolysis) is 1. The average Bonchev–Trinajstić information content (AvgIpc) is 2.99. The molecule has 1 amide bonds. The normalized spacial score (nSPS) is 16.8. The summed E-state index contributed by atoms with van der Waals surface area (Å²) in [6, 6.07) is 15.9. The molecule has 1 heterocycles. The zero-order valence-corrected chi connectivity index (χ0v) is 19.4. The first-order valence-electron chi connectivity index (χ1n) is 10.8. The highest BCUT2D eigenvalue weighted by Crippen LogP contribution is 2.38. The quantitative estimate of drug-likeness (QED) is 0.611. The summed E-state index contributed by atoms with van der Waals surface area (Å²) in [6.07, 6.45) is 1.16. The van der Waals surface area contributed by atoms with Gasteiger partial charge in [-0.2, -0.15) is 5.26 Å². The first-order valence-corrected chi connectivity index (χ1v) is 10.8. The maximum atomic E-state index is 14.0. The molecule has 1 saturated heterocycles. The molecule has 0 spiro atoms. The van der Waals surface area contributed by atoms with Gasteiger partial charge in [-0.1, -0.05) is 42.5 Å². The van der Waals surface area contributed by atoms with Crippen molar-refractivity contribution in [1.29, 1.82) is 5.26 Å². The molecule has 33 heavy (non-hydrogen) atoms. The first-order chi connectivity index (χ1) is 15.6. The minimum absolute atomic E-state index is 0.0383. The molecule has 0 unspecified atom stereocenters. The number of halogens is 1. The molecule has 3 rings (SSSR count). The van der Waals surface area contributed by atoms with E-state index in [1.807, 2.05) is 64.1 Å². The number of carbonyl (C=O) groups is 1. The third-order valence-electron chi connectivity index (χ3n) is 5.90. The molecule has 6 nitrogen and oxygen atoms in total. The Hall–Kier alpha value is -3.15. The maximum absolute atomic E-state index is 14.0. The molecule has 8 heteroatoms. The van der Waals surface area contributed by atoms with Gasteiger partial charge < -0.3 is 19.4 Å². The van der Waals surface area contributed by atoms with Gasteiger partial charge in [0.1, 0.15) is 12.4 Å². The first kappa shape index (κ1) is 24.5. The third kappa shape index (κ3) is 6.22. The highest BCUT2D eigenvalue weighted by molar-refractivity contribution is 6.56. The smallest absolute Gasteiger partial charge is 0.445 e. The lowest BCUT2D eigenvalue weighted by Gasteiger charge is -2.32. The van der Waals surface area contributed by atoms with Gasteiger partial charge in [-0.15, -0.1) is 0 Å². The van der Waals surface area contributed by atoms with Crippen LogP contribution in [-0.4, -0.2) is 31.0 Å². The van der Waals surface area contributed by atoms with Crippen molar-refractivity contribution in [2.75, 3.05) is 6.54 Å². The van der Waals surface area contributed by atoms with E-state index in [1.165, 1.54) is 6.07 Å². The van der Waals surface area contributed by atoms with Crippen molar-refractivity contribution in [2.24, 2.45) is 0 Å². The Labute approximate surface area is 194 Å². The van der Waals surface area contributed by atoms with Gasteiger partial charge in [0.2, 0.25) is 0 Å². The van der Waals surface area contributed by atoms with Crippen LogP contribution in [0.3, 0.4) is 0 Å². The Morgan fingerprint density at radius 1 is 1.15 bits per heavy atom. The van der Waals surface area contributed by atoms with Crippen molar-refractivity contribution in [3.63, 3.8) is 0 Å². The highest BCUT2D eigenvalue weighted by Gasteiger charge is 2.52. The van der Waals surface area contributed by atoms with E-state index in [1.54, 1.807) is 18.2 Å². The van der Waals surface area contributed by atoms with Gasteiger partial charge >= 0.3 is 13.2 Å². The predicted molar refractivity (Wildman–Crippen MR) is 124 cm³/mol. The molecular weight excluding hydrogens is 422 g/mol. The van der Waals surface area contributed by atoms with Crippen LogP contribution >= 0.6 is 0 Å². The highest BCUT2D eigenvalue weighted by atomic mass is 19.1. The summed E-state index contributed by atoms with van der Waals surface area (Å²) in [5, 5.41) is 11.7. The summed E-state index contributed by atoms with van der Waals surface area (Å²) < 4.78 is 31.6. The Morgan fingerprint density at radius 3 is 2.45 bits per heavy atom. The largest absolute Gasteiger partial charge is 0.492 e. The monoisotopic (exact) mass is 450 g/mol. The number of benzene rings is 2. The summed E-state index contributed by atoms with van der Waals surface area (Å²) >= 11 is 0. The van der Waals surface area contributed by atoms with Gasteiger partial charge in [-0.25, -0.2) is 9.18 Å². The number of nitrogens with one attached hydrogen (secondary N) is 1. The van der Waals surface area contributed by atoms with E-state index in [4.69, 9.17) is 19.3 Å². The predicted octanol–water partition coefficient (Wildman–Crippen LogP) is 4.83. The fraction of sp³-hybridized carbons (Fsp3) is 0.360. The Morgan fingerprint density at radius 2 is 1.82 bits per heavy atom. The van der Waals surface area contributed by atoms with Crippen molar-refractivity contribution < 1.29 is 23.2 Å². The average molecular weight is 450 g/mol. The lowest BCUT2D eigenvalue weighted by molar-refractivity contribution is 0.00578. The van der Waals surface area contributed by atoms with Crippen LogP contribution < -0.4 is 5.32 Å². The molecule has 0 aliphatic carbocycles. The molecule has 0 aromatic heterocycles. The van der Waals surface area contributed by atoms with Crippen LogP contribution in [0.25, 0.3) is 6.08 Å². The summed E-state index contributed by atoms with van der Waals surface area (Å²) in [6.45, 7) is 8.02. The number of hydrogen-bond donors (Lipinski definition) is 1. The molecule has 0 saturated carbocycles. The molecule has 1 fully saturated rings. The van der Waals surface area contributed by atoms with Crippen LogP contribution in [0.2, 0.25) is 0 Å². The van der Waals surface area contributed by atoms with Crippen LogP contribution in [0.1, 0.15) is 44.4 Å². The van der Waals surface area contributed by atoms with Gasteiger partial charge in [0, 0.05) is 12.1 Å². The fourth-order valence-electron chi connectivity index (χ4n) is 3.26. The molecule has 0 radical (unpaired) electrons. The van der Waals surface area contributed by atoms with E-state index in [2.05, 4.69) is 5.32 Å². The van der Waals surface area contributed by atoms with E-state index in [9.17, 15) is 9.18 Å². The minimum Gasteiger partial charge on any atom is -0.445 e. The van der Waals surface area contributed by atoms with Crippen LogP contribution in [0.5, 0.6) is 0 Å². The number of nitriles is 1. The maximum Gasteiger partial charge on any atom is 0.492 e. The molecule has 2 aromatic rings. The van der Waals surface area contributed by atoms with Gasteiger partial charge in [0.15, 0.2) is 0 Å². The number of amides is 1. The molecule has 2 aromatic carbocycles. The summed E-state index contributed by atoms with van der Waals surface area (Å²) in [5.41, 5.74) is 1.35. The summed E-state index contributed by atoms with van der Waals surface area (Å²) in [5.74, 6) is -0.437. The minimum atomic E-state index is -0.714. The zero-order chi connectivity index (χ0) is 24.1. The number of rotatable bonds is 7. The van der Waals surface area contributed by atoms with Gasteiger partial charge in [0.05, 0.1) is 23.7 Å². The number of carbonyl (C=O) groups excluding carboxylic acids is 1. The van der Waals surface area contributed by atoms with Gasteiger partial charge in [0.25, 0.3) is 0 Å². The van der Waals surface area contributed by atoms with Crippen LogP contribution in [-0.2, 0) is 27.1 Å². The lowest BCUT2D eigenvalue weighted by Crippen LogP contribution is -2.41. The Kier molecular flexibility index (Phi) is 7.57. The summed E-state index contributed by atoms with van der Waals surface area (Å²) in [4.78, 5) is 12.3. The van der Waals surface area contributed by atoms with Crippen LogP contribution in [0, 0.1) is 17.1 Å². The second-order valence-electron chi connectivity index (χ2n) is 8.91. The Bertz CT molecular complexity index is 1050. The van der Waals surface area contributed by atoms with Gasteiger partial charge in [-0.3, -0.25) is 0 Å². The van der Waals surface area contributed by atoms with Crippen molar-refractivity contribution in [2.45, 2.75) is 51.9 Å². The van der Waals surface area contributed by atoms with E-state index in [0.717, 1.165) is 5.56 Å². The molecular formula is C25H28BFN2O4. The molecule has 0 atom stereocenters. The van der Waals surface area contributed by atoms with Crippen molar-refractivity contribution in [1.82, 2.24) is 5.32 Å². The molecule has 1 aliphatic rings. The standard InChI is InChI=1S/C25H28BFN2O4/c1-24(2)25(3,4)33-26(32-24)21(15-19-10-11-22(27)20(14-19)12-13-28)16-29-23(30)31-17-18-8-6-5-7-9-18/h5-11,14-15H,12,16-17H2,1-4H3,(H,29,30). The Balaban J connectivity index is 1.78. The molecule has 0 bridgehead atoms. The van der Waals surface area contributed by atoms with E-state index in [0.29, 0.717) is 16.6 Å². The van der Waals surface area contributed by atoms with Crippen molar-refractivity contribution in [3.05, 3.63) is 76.5 Å². The number of nitrogens with zero attached hydrogens (tertiary/aromatic N) is 1. The molecule has 1 N–H and O–H groups in total. The van der Waals surface area contributed by atoms with E-state index >= 15 is 0 Å². The topological polar surface area (TPSA) is 80.6 Å². The number of ether oxygens (including phenoxy) is 1. The molecule has 172 valence electrons. The van der Waals surface area contributed by atoms with Crippen LogP contribution in [0.15, 0.2) is 54.0 Å².